The van der Waals surface area contributed by atoms with E-state index in [-0.39, 0.29) is 0 Å². The quantitative estimate of drug-likeness (QED) is 0.454. The number of nitrogens with one attached hydrogen (secondary N) is 1. The van der Waals surface area contributed by atoms with Crippen LogP contribution in [-0.2, 0) is 4.74 Å². The van der Waals surface area contributed by atoms with Crippen LogP contribution in [0.25, 0.3) is 0 Å². The zero-order valence-electron chi connectivity index (χ0n) is 10.4. The maximum Gasteiger partial charge on any atom is 0.242 e. The van der Waals surface area contributed by atoms with E-state index in [0.717, 1.165) is 25.3 Å². The van der Waals surface area contributed by atoms with Crippen molar-refractivity contribution in [2.75, 3.05) is 42.4 Å². The number of thioether (sulfide) groups is 1. The highest BCUT2D eigenvalue weighted by molar-refractivity contribution is 7.99. The Morgan fingerprint density at radius 1 is 1.33 bits per heavy atom. The fourth-order valence-corrected chi connectivity index (χ4v) is 2.26. The summed E-state index contributed by atoms with van der Waals surface area (Å²) in [5.41, 5.74) is 2.49. The van der Waals surface area contributed by atoms with Gasteiger partial charge in [-0.05, 0) is 6.42 Å². The van der Waals surface area contributed by atoms with Gasteiger partial charge in [-0.15, -0.1) is 0 Å². The van der Waals surface area contributed by atoms with Crippen molar-refractivity contribution < 1.29 is 4.74 Å². The summed E-state index contributed by atoms with van der Waals surface area (Å²) in [6.45, 7) is 5.12. The largest absolute Gasteiger partial charge is 0.378 e. The van der Waals surface area contributed by atoms with Crippen LogP contribution in [0.1, 0.15) is 13.3 Å². The molecule has 0 aromatic carbocycles. The van der Waals surface area contributed by atoms with Crippen LogP contribution >= 0.6 is 11.8 Å². The summed E-state index contributed by atoms with van der Waals surface area (Å²) in [5.74, 6) is 7.45. The van der Waals surface area contributed by atoms with Gasteiger partial charge in [0.05, 0.1) is 13.2 Å². The molecule has 3 N–H and O–H groups in total. The van der Waals surface area contributed by atoms with Crippen LogP contribution < -0.4 is 16.2 Å². The highest BCUT2D eigenvalue weighted by atomic mass is 32.2. The average Bonchev–Trinajstić information content (AvgIpc) is 2.45. The summed E-state index contributed by atoms with van der Waals surface area (Å²) < 4.78 is 5.31. The first-order chi connectivity index (χ1) is 8.83. The van der Waals surface area contributed by atoms with Crippen LogP contribution in [0.5, 0.6) is 0 Å². The van der Waals surface area contributed by atoms with Crippen molar-refractivity contribution in [2.24, 2.45) is 5.84 Å². The number of hydrogen-bond donors (Lipinski definition) is 2. The van der Waals surface area contributed by atoms with Gasteiger partial charge < -0.3 is 9.64 Å². The van der Waals surface area contributed by atoms with Gasteiger partial charge in [0.1, 0.15) is 0 Å². The van der Waals surface area contributed by atoms with Crippen molar-refractivity contribution in [3.05, 3.63) is 0 Å². The van der Waals surface area contributed by atoms with E-state index >= 15 is 0 Å². The SMILES string of the molecule is CCCSc1nc(NN)nc(N2CCOCC2)n1. The van der Waals surface area contributed by atoms with Crippen LogP contribution in [-0.4, -0.2) is 47.0 Å². The Morgan fingerprint density at radius 2 is 2.11 bits per heavy atom. The van der Waals surface area contributed by atoms with Gasteiger partial charge in [-0.25, -0.2) is 5.84 Å². The molecule has 1 aromatic rings. The third-order valence-corrected chi connectivity index (χ3v) is 3.51. The molecule has 0 spiro atoms. The lowest BCUT2D eigenvalue weighted by Crippen LogP contribution is -2.37. The van der Waals surface area contributed by atoms with E-state index in [0.29, 0.717) is 30.3 Å². The molecule has 1 fully saturated rings. The first-order valence-electron chi connectivity index (χ1n) is 6.01. The lowest BCUT2D eigenvalue weighted by atomic mass is 10.4. The van der Waals surface area contributed by atoms with Crippen LogP contribution in [0.3, 0.4) is 0 Å². The number of nitrogens with zero attached hydrogens (tertiary/aromatic N) is 4. The van der Waals surface area contributed by atoms with Crippen molar-refractivity contribution >= 4 is 23.7 Å². The molecule has 100 valence electrons. The number of nitrogens with two attached hydrogens (primary N) is 1. The second-order valence-corrected chi connectivity index (χ2v) is 4.90. The number of anilines is 2. The van der Waals surface area contributed by atoms with E-state index in [9.17, 15) is 0 Å². The minimum Gasteiger partial charge on any atom is -0.378 e. The number of rotatable bonds is 5. The lowest BCUT2D eigenvalue weighted by Gasteiger charge is -2.26. The second-order valence-electron chi connectivity index (χ2n) is 3.83. The smallest absolute Gasteiger partial charge is 0.242 e. The van der Waals surface area contributed by atoms with Gasteiger partial charge in [-0.3, -0.25) is 5.43 Å². The van der Waals surface area contributed by atoms with E-state index in [1.54, 1.807) is 11.8 Å². The topological polar surface area (TPSA) is 89.2 Å². The molecule has 0 bridgehead atoms. The zero-order valence-corrected chi connectivity index (χ0v) is 11.2. The van der Waals surface area contributed by atoms with Crippen molar-refractivity contribution in [1.82, 2.24) is 15.0 Å². The molecule has 1 aromatic heterocycles. The molecule has 0 aliphatic carbocycles. The van der Waals surface area contributed by atoms with E-state index in [2.05, 4.69) is 32.2 Å². The van der Waals surface area contributed by atoms with Gasteiger partial charge in [-0.2, -0.15) is 15.0 Å². The molecule has 0 saturated carbocycles. The molecule has 1 saturated heterocycles. The van der Waals surface area contributed by atoms with Crippen LogP contribution in [0.4, 0.5) is 11.9 Å². The van der Waals surface area contributed by atoms with Gasteiger partial charge in [-0.1, -0.05) is 18.7 Å². The average molecular weight is 270 g/mol. The molecule has 18 heavy (non-hydrogen) atoms. The standard InChI is InChI=1S/C10H18N6OS/c1-2-7-18-10-13-8(15-11)12-9(14-10)16-3-5-17-6-4-16/h2-7,11H2,1H3,(H,12,13,14,15). The van der Waals surface area contributed by atoms with Crippen molar-refractivity contribution in [2.45, 2.75) is 18.5 Å². The maximum atomic E-state index is 5.39. The van der Waals surface area contributed by atoms with Crippen molar-refractivity contribution in [3.8, 4) is 0 Å². The van der Waals surface area contributed by atoms with Gasteiger partial charge in [0.15, 0.2) is 5.16 Å². The third kappa shape index (κ3) is 3.44. The highest BCUT2D eigenvalue weighted by Gasteiger charge is 2.16. The van der Waals surface area contributed by atoms with E-state index < -0.39 is 0 Å². The molecule has 1 aliphatic rings. The number of nitrogen functional groups attached to an aromatic ring is 1. The summed E-state index contributed by atoms with van der Waals surface area (Å²) in [5, 5.41) is 0.710. The molecule has 1 aliphatic heterocycles. The second kappa shape index (κ2) is 6.72. The number of hydrazine groups is 1. The zero-order chi connectivity index (χ0) is 12.8. The molecule has 8 heteroatoms. The molecular formula is C10H18N6OS. The van der Waals surface area contributed by atoms with E-state index in [1.165, 1.54) is 0 Å². The van der Waals surface area contributed by atoms with E-state index in [1.807, 2.05) is 0 Å². The monoisotopic (exact) mass is 270 g/mol. The molecule has 7 nitrogen and oxygen atoms in total. The number of aromatic nitrogens is 3. The first-order valence-corrected chi connectivity index (χ1v) is 7.00. The Kier molecular flexibility index (Phi) is 4.97. The van der Waals surface area contributed by atoms with Crippen molar-refractivity contribution in [1.29, 1.82) is 0 Å². The molecule has 0 radical (unpaired) electrons. The molecule has 2 rings (SSSR count). The molecule has 0 atom stereocenters. The Labute approximate surface area is 110 Å². The summed E-state index contributed by atoms with van der Waals surface area (Å²) in [7, 11) is 0. The third-order valence-electron chi connectivity index (χ3n) is 2.46. The highest BCUT2D eigenvalue weighted by Crippen LogP contribution is 2.19. The van der Waals surface area contributed by atoms with Crippen LogP contribution in [0, 0.1) is 0 Å². The summed E-state index contributed by atoms with van der Waals surface area (Å²) in [6, 6.07) is 0. The molecule has 0 unspecified atom stereocenters. The lowest BCUT2D eigenvalue weighted by molar-refractivity contribution is 0.122. The van der Waals surface area contributed by atoms with Crippen molar-refractivity contribution in [3.63, 3.8) is 0 Å². The predicted molar refractivity (Wildman–Crippen MR) is 71.7 cm³/mol. The Morgan fingerprint density at radius 3 is 2.78 bits per heavy atom. The van der Waals surface area contributed by atoms with Gasteiger partial charge in [0.2, 0.25) is 11.9 Å². The number of morpholine rings is 1. The van der Waals surface area contributed by atoms with Crippen LogP contribution in [0.15, 0.2) is 5.16 Å². The summed E-state index contributed by atoms with van der Waals surface area (Å²) >= 11 is 1.61. The normalized spacial score (nSPS) is 15.8. The summed E-state index contributed by atoms with van der Waals surface area (Å²) in [6.07, 6.45) is 1.08. The number of ether oxygens (including phenoxy) is 1. The maximum absolute atomic E-state index is 5.39. The predicted octanol–water partition coefficient (Wildman–Crippen LogP) is 0.496. The molecule has 0 amide bonds. The van der Waals surface area contributed by atoms with Gasteiger partial charge >= 0.3 is 0 Å². The molecule has 2 heterocycles. The Balaban J connectivity index is 2.16. The van der Waals surface area contributed by atoms with Gasteiger partial charge in [0.25, 0.3) is 0 Å². The minimum atomic E-state index is 0.407. The first kappa shape index (κ1) is 13.3. The van der Waals surface area contributed by atoms with E-state index in [4.69, 9.17) is 10.6 Å². The number of hydrogen-bond acceptors (Lipinski definition) is 8. The fourth-order valence-electron chi connectivity index (χ4n) is 1.57. The van der Waals surface area contributed by atoms with Gasteiger partial charge in [0, 0.05) is 18.8 Å². The van der Waals surface area contributed by atoms with Crippen LogP contribution in [0.2, 0.25) is 0 Å². The Hall–Kier alpha value is -1.12. The Bertz CT molecular complexity index is 385. The molecular weight excluding hydrogens is 252 g/mol. The minimum absolute atomic E-state index is 0.407. The summed E-state index contributed by atoms with van der Waals surface area (Å²) in [4.78, 5) is 15.1. The fraction of sp³-hybridized carbons (Fsp3) is 0.700.